The van der Waals surface area contributed by atoms with Gasteiger partial charge in [-0.05, 0) is 24.6 Å². The monoisotopic (exact) mass is 244 g/mol. The number of phenols is 2. The second kappa shape index (κ2) is 5.51. The molecule has 6 heteroatoms. The number of hydrogen-bond donors (Lipinski definition) is 4. The lowest BCUT2D eigenvalue weighted by Crippen LogP contribution is -2.38. The Labute approximate surface area is 102 Å². The highest BCUT2D eigenvalue weighted by Gasteiger charge is 2.25. The van der Waals surface area contributed by atoms with E-state index in [1.165, 1.54) is 6.92 Å². The first-order valence-corrected chi connectivity index (χ1v) is 4.85. The molecule has 0 aromatic heterocycles. The summed E-state index contributed by atoms with van der Waals surface area (Å²) in [7, 11) is 0. The quantitative estimate of drug-likeness (QED) is 0.438. The third-order valence-electron chi connectivity index (χ3n) is 1.99. The minimum atomic E-state index is -1.82. The molecular weight excluding hydrogens is 226 g/mol. The van der Waals surface area contributed by atoms with Gasteiger partial charge < -0.3 is 25.8 Å². The summed E-state index contributed by atoms with van der Waals surface area (Å²) in [4.78, 5) is 11.4. The standard InChI is InChI=1S/C11H15NO5/c1-2-17-11(16)9(12)10(15)6-3-4-7(13)8(14)5-6/h3-5,9-10,13-15H,2,12H2,1H3/i3D,4D,5D. The van der Waals surface area contributed by atoms with Crippen LogP contribution in [0.15, 0.2) is 18.1 Å². The summed E-state index contributed by atoms with van der Waals surface area (Å²) in [6.45, 7) is 1.57. The maximum atomic E-state index is 11.4. The highest BCUT2D eigenvalue weighted by molar-refractivity contribution is 5.76. The first-order valence-electron chi connectivity index (χ1n) is 6.35. The van der Waals surface area contributed by atoms with Crippen molar-refractivity contribution < 1.29 is 29.0 Å². The number of rotatable bonds is 4. The van der Waals surface area contributed by atoms with Crippen LogP contribution >= 0.6 is 0 Å². The van der Waals surface area contributed by atoms with Crippen LogP contribution in [0.25, 0.3) is 0 Å². The Hall–Kier alpha value is -1.79. The average Bonchev–Trinajstić information content (AvgIpc) is 2.42. The predicted octanol–water partition coefficient (Wildman–Crippen LogP) is 0.0216. The van der Waals surface area contributed by atoms with Gasteiger partial charge in [-0.2, -0.15) is 0 Å². The predicted molar refractivity (Wildman–Crippen MR) is 59.3 cm³/mol. The SMILES string of the molecule is [2H]c1c([2H])c(C(O)C(N)C(=O)OCC)c([2H])c(O)c1O. The van der Waals surface area contributed by atoms with E-state index in [2.05, 4.69) is 4.74 Å². The van der Waals surface area contributed by atoms with E-state index in [0.717, 1.165) is 0 Å². The number of phenolic OH excluding ortho intramolecular Hbond substituents is 2. The second-order valence-electron chi connectivity index (χ2n) is 3.21. The van der Waals surface area contributed by atoms with Crippen molar-refractivity contribution >= 4 is 5.97 Å². The van der Waals surface area contributed by atoms with Gasteiger partial charge in [-0.3, -0.25) is 4.79 Å². The molecule has 0 aliphatic carbocycles. The zero-order chi connectivity index (χ0) is 15.6. The lowest BCUT2D eigenvalue weighted by Gasteiger charge is -2.17. The Morgan fingerprint density at radius 3 is 2.76 bits per heavy atom. The van der Waals surface area contributed by atoms with Crippen LogP contribution in [-0.4, -0.2) is 33.9 Å². The van der Waals surface area contributed by atoms with Gasteiger partial charge in [-0.15, -0.1) is 0 Å². The number of esters is 1. The summed E-state index contributed by atoms with van der Waals surface area (Å²) in [5.41, 5.74) is 4.94. The molecule has 0 amide bonds. The van der Waals surface area contributed by atoms with E-state index in [0.29, 0.717) is 0 Å². The second-order valence-corrected chi connectivity index (χ2v) is 3.21. The highest BCUT2D eigenvalue weighted by Crippen LogP contribution is 2.28. The third-order valence-corrected chi connectivity index (χ3v) is 1.99. The van der Waals surface area contributed by atoms with Crippen molar-refractivity contribution in [1.29, 1.82) is 0 Å². The number of aliphatic hydroxyl groups excluding tert-OH is 1. The molecule has 0 spiro atoms. The number of aliphatic hydroxyl groups is 1. The molecule has 0 radical (unpaired) electrons. The van der Waals surface area contributed by atoms with Gasteiger partial charge in [0, 0.05) is 0 Å². The average molecular weight is 244 g/mol. The molecular formula is C11H15NO5. The molecule has 0 aliphatic rings. The normalized spacial score (nSPS) is 16.5. The van der Waals surface area contributed by atoms with Crippen LogP contribution < -0.4 is 5.73 Å². The molecule has 17 heavy (non-hydrogen) atoms. The zero-order valence-electron chi connectivity index (χ0n) is 12.1. The molecule has 5 N–H and O–H groups in total. The Bertz CT molecular complexity index is 508. The van der Waals surface area contributed by atoms with Gasteiger partial charge in [-0.1, -0.05) is 6.04 Å². The van der Waals surface area contributed by atoms with E-state index in [9.17, 15) is 20.1 Å². The highest BCUT2D eigenvalue weighted by atomic mass is 16.5. The summed E-state index contributed by atoms with van der Waals surface area (Å²) in [6, 6.07) is -3.82. The van der Waals surface area contributed by atoms with Gasteiger partial charge in [0.25, 0.3) is 0 Å². The van der Waals surface area contributed by atoms with Gasteiger partial charge in [-0.25, -0.2) is 0 Å². The van der Waals surface area contributed by atoms with Gasteiger partial charge in [0.1, 0.15) is 12.1 Å². The Balaban J connectivity index is 3.30. The van der Waals surface area contributed by atoms with E-state index in [1.807, 2.05) is 0 Å². The van der Waals surface area contributed by atoms with E-state index < -0.39 is 53.3 Å². The molecule has 6 nitrogen and oxygen atoms in total. The maximum Gasteiger partial charge on any atom is 0.325 e. The topological polar surface area (TPSA) is 113 Å². The molecule has 1 aromatic carbocycles. The minimum absolute atomic E-state index is 0.0330. The summed E-state index contributed by atoms with van der Waals surface area (Å²) in [5.74, 6) is -2.85. The van der Waals surface area contributed by atoms with Crippen LogP contribution in [0.5, 0.6) is 11.5 Å². The van der Waals surface area contributed by atoms with E-state index in [-0.39, 0.29) is 6.61 Å². The van der Waals surface area contributed by atoms with Crippen molar-refractivity contribution in [1.82, 2.24) is 0 Å². The Morgan fingerprint density at radius 2 is 2.18 bits per heavy atom. The zero-order valence-corrected chi connectivity index (χ0v) is 9.10. The molecule has 94 valence electrons. The molecule has 0 saturated heterocycles. The van der Waals surface area contributed by atoms with Crippen molar-refractivity contribution in [2.75, 3.05) is 6.61 Å². The van der Waals surface area contributed by atoms with Crippen molar-refractivity contribution in [3.63, 3.8) is 0 Å². The lowest BCUT2D eigenvalue weighted by molar-refractivity contribution is -0.147. The number of ether oxygens (including phenoxy) is 1. The fourth-order valence-electron chi connectivity index (χ4n) is 1.10. The number of benzene rings is 1. The van der Waals surface area contributed by atoms with E-state index >= 15 is 0 Å². The van der Waals surface area contributed by atoms with Crippen molar-refractivity contribution in [3.05, 3.63) is 23.7 Å². The summed E-state index contributed by atoms with van der Waals surface area (Å²) >= 11 is 0. The molecule has 2 atom stereocenters. The first-order chi connectivity index (χ1) is 9.23. The number of carbonyl (C=O) groups excluding carboxylic acids is 1. The molecule has 0 bridgehead atoms. The van der Waals surface area contributed by atoms with Gasteiger partial charge in [0.2, 0.25) is 0 Å². The number of nitrogens with two attached hydrogens (primary N) is 1. The van der Waals surface area contributed by atoms with Crippen LogP contribution in [0.2, 0.25) is 0 Å². The number of hydrogen-bond acceptors (Lipinski definition) is 6. The molecule has 0 heterocycles. The largest absolute Gasteiger partial charge is 0.504 e. The number of aromatic hydroxyl groups is 2. The summed E-state index contributed by atoms with van der Waals surface area (Å²) in [6.07, 6.45) is -1.82. The fraction of sp³-hybridized carbons (Fsp3) is 0.364. The van der Waals surface area contributed by atoms with Gasteiger partial charge >= 0.3 is 5.97 Å². The Morgan fingerprint density at radius 1 is 1.53 bits per heavy atom. The molecule has 1 rings (SSSR count). The van der Waals surface area contributed by atoms with Crippen LogP contribution in [0.4, 0.5) is 0 Å². The van der Waals surface area contributed by atoms with E-state index in [4.69, 9.17) is 9.85 Å². The molecule has 0 fully saturated rings. The molecule has 0 saturated carbocycles. The third kappa shape index (κ3) is 3.08. The van der Waals surface area contributed by atoms with Crippen LogP contribution in [0.1, 0.15) is 22.7 Å². The Kier molecular flexibility index (Phi) is 3.00. The maximum absolute atomic E-state index is 11.4. The minimum Gasteiger partial charge on any atom is -0.504 e. The summed E-state index contributed by atoms with van der Waals surface area (Å²) < 4.78 is 27.2. The smallest absolute Gasteiger partial charge is 0.325 e. The van der Waals surface area contributed by atoms with Crippen molar-refractivity contribution in [3.8, 4) is 11.5 Å². The van der Waals surface area contributed by atoms with Crippen LogP contribution in [-0.2, 0) is 9.53 Å². The van der Waals surface area contributed by atoms with E-state index in [1.54, 1.807) is 0 Å². The van der Waals surface area contributed by atoms with Gasteiger partial charge in [0.15, 0.2) is 11.5 Å². The molecule has 1 aromatic rings. The van der Waals surface area contributed by atoms with Crippen molar-refractivity contribution in [2.24, 2.45) is 5.73 Å². The van der Waals surface area contributed by atoms with Crippen molar-refractivity contribution in [2.45, 2.75) is 19.1 Å². The lowest BCUT2D eigenvalue weighted by atomic mass is 10.0. The summed E-state index contributed by atoms with van der Waals surface area (Å²) in [5, 5.41) is 28.7. The number of carbonyl (C=O) groups is 1. The van der Waals surface area contributed by atoms with Crippen LogP contribution in [0, 0.1) is 0 Å². The fourth-order valence-corrected chi connectivity index (χ4v) is 1.10. The van der Waals surface area contributed by atoms with Crippen LogP contribution in [0.3, 0.4) is 0 Å². The van der Waals surface area contributed by atoms with Gasteiger partial charge in [0.05, 0.1) is 10.7 Å². The molecule has 0 aliphatic heterocycles. The first kappa shape index (κ1) is 9.26. The molecule has 2 unspecified atom stereocenters.